The number of aromatic nitrogens is 2. The van der Waals surface area contributed by atoms with Crippen molar-refractivity contribution in [3.8, 4) is 5.75 Å². The third-order valence-corrected chi connectivity index (χ3v) is 10.2. The molecule has 2 aromatic heterocycles. The number of nitro benzene ring substituents is 1. The molecule has 0 radical (unpaired) electrons. The average Bonchev–Trinajstić information content (AvgIpc) is 3.66. The number of non-ortho nitro benzene ring substituents is 1. The molecule has 0 amide bonds. The molecule has 0 aliphatic rings. The van der Waals surface area contributed by atoms with Crippen LogP contribution in [0.4, 0.5) is 38.7 Å². The summed E-state index contributed by atoms with van der Waals surface area (Å²) in [7, 11) is 3.79. The van der Waals surface area contributed by atoms with Crippen LogP contribution in [0.1, 0.15) is 18.1 Å². The molecular formula is C38H31N9O3S2+2. The van der Waals surface area contributed by atoms with Gasteiger partial charge in [-0.25, -0.2) is 9.13 Å². The lowest BCUT2D eigenvalue weighted by molar-refractivity contribution is -0.628. The minimum atomic E-state index is -0.405. The van der Waals surface area contributed by atoms with Crippen LogP contribution in [0.25, 0.3) is 20.4 Å². The van der Waals surface area contributed by atoms with Crippen molar-refractivity contribution < 1.29 is 18.8 Å². The van der Waals surface area contributed by atoms with Crippen LogP contribution in [0, 0.1) is 10.1 Å². The first-order chi connectivity index (χ1) is 25.3. The zero-order chi connectivity index (χ0) is 36.0. The van der Waals surface area contributed by atoms with Crippen LogP contribution in [-0.4, -0.2) is 24.0 Å². The molecule has 12 nitrogen and oxygen atoms in total. The van der Waals surface area contributed by atoms with Crippen molar-refractivity contribution in [1.82, 2.24) is 0 Å². The molecule has 0 N–H and O–H groups in total. The van der Waals surface area contributed by atoms with Crippen LogP contribution < -0.4 is 13.9 Å². The molecule has 0 fully saturated rings. The molecule has 256 valence electrons. The van der Waals surface area contributed by atoms with Crippen molar-refractivity contribution in [2.24, 2.45) is 44.5 Å². The number of azo groups is 2. The third-order valence-electron chi connectivity index (χ3n) is 7.96. The minimum Gasteiger partial charge on any atom is -0.494 e. The molecule has 2 heterocycles. The monoisotopic (exact) mass is 725 g/mol. The van der Waals surface area contributed by atoms with Crippen LogP contribution in [0.5, 0.6) is 5.75 Å². The quantitative estimate of drug-likeness (QED) is 0.0432. The fourth-order valence-corrected chi connectivity index (χ4v) is 7.06. The lowest BCUT2D eigenvalue weighted by atomic mass is 10.1. The van der Waals surface area contributed by atoms with Gasteiger partial charge in [0.2, 0.25) is 0 Å². The Hall–Kier alpha value is -6.38. The number of nitro groups is 1. The number of thiazole rings is 2. The highest BCUT2D eigenvalue weighted by Gasteiger charge is 2.19. The molecule has 0 aliphatic heterocycles. The fourth-order valence-electron chi connectivity index (χ4n) is 5.16. The third kappa shape index (κ3) is 7.83. The highest BCUT2D eigenvalue weighted by atomic mass is 32.1. The number of fused-ring (bicyclic) bond motifs is 2. The van der Waals surface area contributed by atoms with E-state index in [0.29, 0.717) is 17.4 Å². The van der Waals surface area contributed by atoms with Gasteiger partial charge in [0.25, 0.3) is 5.69 Å². The summed E-state index contributed by atoms with van der Waals surface area (Å²) in [5.41, 5.74) is 6.75. The maximum Gasteiger partial charge on any atom is 0.409 e. The number of hydrogen-bond acceptors (Lipinski definition) is 11. The zero-order valence-electron chi connectivity index (χ0n) is 28.3. The van der Waals surface area contributed by atoms with Crippen LogP contribution in [0.3, 0.4) is 0 Å². The Morgan fingerprint density at radius 2 is 1.10 bits per heavy atom. The molecule has 5 aromatic carbocycles. The highest BCUT2D eigenvalue weighted by Crippen LogP contribution is 2.31. The fraction of sp³-hybridized carbons (Fsp3) is 0.105. The van der Waals surface area contributed by atoms with Gasteiger partial charge in [-0.3, -0.25) is 20.1 Å². The summed E-state index contributed by atoms with van der Waals surface area (Å²) in [6, 6.07) is 33.8. The van der Waals surface area contributed by atoms with E-state index in [-0.39, 0.29) is 5.69 Å². The van der Waals surface area contributed by atoms with E-state index in [1.165, 1.54) is 17.4 Å². The summed E-state index contributed by atoms with van der Waals surface area (Å²) < 4.78 is 11.5. The first-order valence-electron chi connectivity index (χ1n) is 16.2. The molecule has 0 saturated heterocycles. The lowest BCUT2D eigenvalue weighted by Gasteiger charge is -2.00. The molecule has 7 rings (SSSR count). The van der Waals surface area contributed by atoms with Gasteiger partial charge in [-0.05, 0) is 118 Å². The molecule has 0 spiro atoms. The van der Waals surface area contributed by atoms with Crippen LogP contribution in [0.2, 0.25) is 0 Å². The van der Waals surface area contributed by atoms with Crippen LogP contribution >= 0.6 is 22.7 Å². The van der Waals surface area contributed by atoms with E-state index in [2.05, 4.69) is 30.4 Å². The van der Waals surface area contributed by atoms with Gasteiger partial charge in [-0.1, -0.05) is 24.3 Å². The van der Waals surface area contributed by atoms with Gasteiger partial charge in [0.05, 0.1) is 62.7 Å². The maximum atomic E-state index is 11.1. The van der Waals surface area contributed by atoms with Crippen molar-refractivity contribution in [2.75, 3.05) is 6.61 Å². The predicted molar refractivity (Wildman–Crippen MR) is 206 cm³/mol. The molecule has 0 atom stereocenters. The summed E-state index contributed by atoms with van der Waals surface area (Å²) in [5.74, 6) is 0.840. The van der Waals surface area contributed by atoms with E-state index in [1.807, 2.05) is 123 Å². The molecule has 7 aromatic rings. The summed E-state index contributed by atoms with van der Waals surface area (Å²) >= 11 is 3.00. The summed E-state index contributed by atoms with van der Waals surface area (Å²) in [5, 5.41) is 30.2. The second-order valence-electron chi connectivity index (χ2n) is 11.5. The van der Waals surface area contributed by atoms with Gasteiger partial charge in [-0.15, -0.1) is 0 Å². The molecule has 0 aliphatic carbocycles. The van der Waals surface area contributed by atoms with Gasteiger partial charge >= 0.3 is 10.3 Å². The number of nitrogens with zero attached hydrogens (tertiary/aromatic N) is 9. The Kier molecular flexibility index (Phi) is 9.99. The van der Waals surface area contributed by atoms with Gasteiger partial charge in [0.1, 0.15) is 22.6 Å². The number of rotatable bonds is 11. The van der Waals surface area contributed by atoms with E-state index in [4.69, 9.17) is 4.74 Å². The highest BCUT2D eigenvalue weighted by molar-refractivity contribution is 7.21. The largest absolute Gasteiger partial charge is 0.494 e. The SMILES string of the molecule is CCOc1ccc2sc(N=Nc3ccc(N=Cc4ccc(C=Nc5ccc(N=Nc6sc7ccc([N+](=O)[O-])cc7[n+]6C)cc5)cc4)cc3)[n+](C)c2c1. The Labute approximate surface area is 306 Å². The molecule has 0 bridgehead atoms. The van der Waals surface area contributed by atoms with E-state index < -0.39 is 4.92 Å². The zero-order valence-corrected chi connectivity index (χ0v) is 30.0. The summed E-state index contributed by atoms with van der Waals surface area (Å²) in [4.78, 5) is 19.9. The number of benzene rings is 5. The number of hydrogen-bond donors (Lipinski definition) is 0. The first kappa shape index (κ1) is 34.1. The van der Waals surface area contributed by atoms with Crippen molar-refractivity contribution in [3.05, 3.63) is 130 Å². The Morgan fingerprint density at radius 3 is 1.58 bits per heavy atom. The van der Waals surface area contributed by atoms with E-state index in [1.54, 1.807) is 34.3 Å². The number of aliphatic imine (C=N–C) groups is 2. The molecular weight excluding hydrogens is 695 g/mol. The summed E-state index contributed by atoms with van der Waals surface area (Å²) in [6.45, 7) is 2.60. The van der Waals surface area contributed by atoms with Crippen molar-refractivity contribution >= 4 is 94.2 Å². The number of ether oxygens (including phenoxy) is 1. The molecule has 52 heavy (non-hydrogen) atoms. The molecule has 14 heteroatoms. The van der Waals surface area contributed by atoms with Crippen molar-refractivity contribution in [3.63, 3.8) is 0 Å². The van der Waals surface area contributed by atoms with E-state index >= 15 is 0 Å². The predicted octanol–water partition coefficient (Wildman–Crippen LogP) is 10.4. The average molecular weight is 726 g/mol. The van der Waals surface area contributed by atoms with E-state index in [0.717, 1.165) is 59.5 Å². The van der Waals surface area contributed by atoms with Gasteiger partial charge in [0, 0.05) is 24.6 Å². The molecule has 0 unspecified atom stereocenters. The summed E-state index contributed by atoms with van der Waals surface area (Å²) in [6.07, 6.45) is 3.62. The van der Waals surface area contributed by atoms with Crippen molar-refractivity contribution in [1.29, 1.82) is 0 Å². The van der Waals surface area contributed by atoms with Crippen molar-refractivity contribution in [2.45, 2.75) is 6.92 Å². The van der Waals surface area contributed by atoms with Gasteiger partial charge in [0.15, 0.2) is 5.52 Å². The minimum absolute atomic E-state index is 0.0413. The smallest absolute Gasteiger partial charge is 0.409 e. The maximum absolute atomic E-state index is 11.1. The Bertz CT molecular complexity index is 2520. The Balaban J connectivity index is 0.931. The topological polar surface area (TPSA) is 134 Å². The first-order valence-corrected chi connectivity index (χ1v) is 17.8. The number of aryl methyl sites for hydroxylation is 2. The standard InChI is InChI=1S/C38H31N9O3S2/c1-4-50-32-18-20-36-34(22-32)46(3)38(52-36)44-42-30-15-11-28(12-16-30)40-24-26-7-5-25(6-8-26)23-39-27-9-13-29(14-10-27)41-43-37-45(2)33-21-31(47(48)49)17-19-35(33)51-37/h5-24H,4H2,1-3H3/q+2. The lowest BCUT2D eigenvalue weighted by Crippen LogP contribution is -2.25. The normalized spacial score (nSPS) is 12.1. The van der Waals surface area contributed by atoms with Gasteiger partial charge in [-0.2, -0.15) is 0 Å². The van der Waals surface area contributed by atoms with E-state index in [9.17, 15) is 10.1 Å². The second kappa shape index (κ2) is 15.2. The van der Waals surface area contributed by atoms with Crippen LogP contribution in [0.15, 0.2) is 140 Å². The molecule has 0 saturated carbocycles. The van der Waals surface area contributed by atoms with Crippen LogP contribution in [-0.2, 0) is 14.1 Å². The second-order valence-corrected chi connectivity index (χ2v) is 13.5. The van der Waals surface area contributed by atoms with Gasteiger partial charge < -0.3 is 4.74 Å². The Morgan fingerprint density at radius 1 is 0.635 bits per heavy atom.